The first-order chi connectivity index (χ1) is 16.4. The van der Waals surface area contributed by atoms with Gasteiger partial charge in [-0.05, 0) is 48.4 Å². The second-order valence-electron chi connectivity index (χ2n) is 8.35. The number of carbonyl (C=O) groups excluding carboxylic acids is 1. The fraction of sp³-hybridized carbons (Fsp3) is 0.269. The fourth-order valence-electron chi connectivity index (χ4n) is 3.93. The predicted molar refractivity (Wildman–Crippen MR) is 132 cm³/mol. The Bertz CT molecular complexity index is 1230. The number of sulfonamides is 1. The Morgan fingerprint density at radius 2 is 1.71 bits per heavy atom. The largest absolute Gasteiger partial charge is 0.379 e. The van der Waals surface area contributed by atoms with E-state index < -0.39 is 10.0 Å². The summed E-state index contributed by atoms with van der Waals surface area (Å²) in [4.78, 5) is 15.5. The monoisotopic (exact) mass is 479 g/mol. The molecule has 1 saturated heterocycles. The van der Waals surface area contributed by atoms with Gasteiger partial charge in [0.2, 0.25) is 0 Å². The quantitative estimate of drug-likeness (QED) is 0.516. The van der Waals surface area contributed by atoms with E-state index >= 15 is 0 Å². The summed E-state index contributed by atoms with van der Waals surface area (Å²) >= 11 is 0. The van der Waals surface area contributed by atoms with Gasteiger partial charge in [-0.15, -0.1) is 0 Å². The minimum Gasteiger partial charge on any atom is -0.379 e. The van der Waals surface area contributed by atoms with Crippen LogP contribution in [0.4, 0.5) is 5.69 Å². The maximum absolute atomic E-state index is 13.2. The topological polar surface area (TPSA) is 87.7 Å². The van der Waals surface area contributed by atoms with Crippen molar-refractivity contribution >= 4 is 21.6 Å². The van der Waals surface area contributed by atoms with Crippen molar-refractivity contribution in [3.63, 3.8) is 0 Å². The van der Waals surface area contributed by atoms with Gasteiger partial charge in [0.15, 0.2) is 0 Å². The lowest BCUT2D eigenvalue weighted by Crippen LogP contribution is -2.43. The second kappa shape index (κ2) is 10.8. The highest BCUT2D eigenvalue weighted by Gasteiger charge is 2.22. The first-order valence-corrected chi connectivity index (χ1v) is 12.7. The summed E-state index contributed by atoms with van der Waals surface area (Å²) in [6.07, 6.45) is 0. The van der Waals surface area contributed by atoms with E-state index in [1.54, 1.807) is 30.3 Å². The number of hydrogen-bond acceptors (Lipinski definition) is 5. The third kappa shape index (κ3) is 6.22. The third-order valence-corrected chi connectivity index (χ3v) is 7.11. The van der Waals surface area contributed by atoms with Gasteiger partial charge in [0.05, 0.1) is 24.2 Å². The molecule has 2 N–H and O–H groups in total. The van der Waals surface area contributed by atoms with Crippen molar-refractivity contribution in [3.05, 3.63) is 95.6 Å². The number of nitrogens with zero attached hydrogens (tertiary/aromatic N) is 1. The molecule has 1 aliphatic rings. The van der Waals surface area contributed by atoms with Crippen LogP contribution in [0.1, 0.15) is 27.5 Å². The van der Waals surface area contributed by atoms with Crippen molar-refractivity contribution < 1.29 is 17.9 Å². The molecule has 34 heavy (non-hydrogen) atoms. The third-order valence-electron chi connectivity index (χ3n) is 5.73. The fourth-order valence-corrected chi connectivity index (χ4v) is 5.03. The van der Waals surface area contributed by atoms with Crippen molar-refractivity contribution in [2.45, 2.75) is 17.9 Å². The molecule has 0 aliphatic carbocycles. The number of hydrogen-bond donors (Lipinski definition) is 2. The Kier molecular flexibility index (Phi) is 7.62. The van der Waals surface area contributed by atoms with Crippen molar-refractivity contribution in [3.8, 4) is 0 Å². The van der Waals surface area contributed by atoms with Gasteiger partial charge in [0, 0.05) is 30.9 Å². The van der Waals surface area contributed by atoms with E-state index in [-0.39, 0.29) is 22.4 Å². The van der Waals surface area contributed by atoms with Crippen molar-refractivity contribution in [2.24, 2.45) is 0 Å². The van der Waals surface area contributed by atoms with E-state index in [0.717, 1.165) is 24.2 Å². The van der Waals surface area contributed by atoms with Crippen LogP contribution in [-0.4, -0.2) is 52.1 Å². The average Bonchev–Trinajstić information content (AvgIpc) is 2.84. The maximum atomic E-state index is 13.2. The van der Waals surface area contributed by atoms with Gasteiger partial charge < -0.3 is 10.1 Å². The molecule has 7 nitrogen and oxygen atoms in total. The maximum Gasteiger partial charge on any atom is 0.261 e. The molecular formula is C26H29N3O4S. The Morgan fingerprint density at radius 3 is 2.44 bits per heavy atom. The lowest BCUT2D eigenvalue weighted by Gasteiger charge is -2.31. The van der Waals surface area contributed by atoms with Crippen LogP contribution >= 0.6 is 0 Å². The minimum absolute atomic E-state index is 0.0334. The predicted octanol–water partition coefficient (Wildman–Crippen LogP) is 3.60. The number of carbonyl (C=O) groups is 1. The molecule has 1 aliphatic heterocycles. The molecule has 0 unspecified atom stereocenters. The van der Waals surface area contributed by atoms with Crippen molar-refractivity contribution in [2.75, 3.05) is 37.6 Å². The van der Waals surface area contributed by atoms with Crippen LogP contribution in [0, 0.1) is 6.92 Å². The summed E-state index contributed by atoms with van der Waals surface area (Å²) in [5.41, 5.74) is 2.70. The number of rotatable bonds is 8. The lowest BCUT2D eigenvalue weighted by molar-refractivity contribution is 0.0332. The number of aryl methyl sites for hydroxylation is 1. The van der Waals surface area contributed by atoms with Crippen LogP contribution in [0.3, 0.4) is 0 Å². The zero-order valence-corrected chi connectivity index (χ0v) is 19.9. The van der Waals surface area contributed by atoms with Crippen molar-refractivity contribution in [1.82, 2.24) is 10.2 Å². The molecule has 0 aromatic heterocycles. The van der Waals surface area contributed by atoms with Gasteiger partial charge in [0.25, 0.3) is 15.9 Å². The standard InChI is InChI=1S/C26H29N3O4S/c1-20-7-5-11-23(17-20)28-34(31,32)24-12-6-10-22(18-24)26(30)27-25(21-8-3-2-4-9-21)19-29-13-15-33-16-14-29/h2-12,17-18,25,28H,13-16,19H2,1H3,(H,27,30)/t25-/m1/s1. The first kappa shape index (κ1) is 23.9. The van der Waals surface area contributed by atoms with Gasteiger partial charge in [-0.25, -0.2) is 8.42 Å². The number of ether oxygens (including phenoxy) is 1. The van der Waals surface area contributed by atoms with Gasteiger partial charge in [-0.2, -0.15) is 0 Å². The second-order valence-corrected chi connectivity index (χ2v) is 10.0. The van der Waals surface area contributed by atoms with Crippen LogP contribution in [0.15, 0.2) is 83.8 Å². The molecule has 3 aromatic rings. The molecule has 1 fully saturated rings. The van der Waals surface area contributed by atoms with E-state index in [0.29, 0.717) is 25.4 Å². The number of morpholine rings is 1. The van der Waals surface area contributed by atoms with Crippen LogP contribution in [0.25, 0.3) is 0 Å². The Balaban J connectivity index is 1.52. The lowest BCUT2D eigenvalue weighted by atomic mass is 10.1. The van der Waals surface area contributed by atoms with E-state index in [9.17, 15) is 13.2 Å². The minimum atomic E-state index is -3.84. The average molecular weight is 480 g/mol. The van der Waals surface area contributed by atoms with Gasteiger partial charge >= 0.3 is 0 Å². The summed E-state index contributed by atoms with van der Waals surface area (Å²) in [6, 6.07) is 22.8. The molecule has 4 rings (SSSR count). The van der Waals surface area contributed by atoms with Gasteiger partial charge in [-0.1, -0.05) is 48.5 Å². The molecule has 1 heterocycles. The normalized spacial score (nSPS) is 15.4. The van der Waals surface area contributed by atoms with E-state index in [1.165, 1.54) is 12.1 Å². The molecule has 0 saturated carbocycles. The van der Waals surface area contributed by atoms with E-state index in [2.05, 4.69) is 14.9 Å². The summed E-state index contributed by atoms with van der Waals surface area (Å²) < 4.78 is 33.9. The molecule has 0 radical (unpaired) electrons. The Morgan fingerprint density at radius 1 is 0.971 bits per heavy atom. The number of nitrogens with one attached hydrogen (secondary N) is 2. The number of benzene rings is 3. The summed E-state index contributed by atoms with van der Waals surface area (Å²) in [7, 11) is -3.84. The molecule has 0 bridgehead atoms. The highest BCUT2D eigenvalue weighted by Crippen LogP contribution is 2.20. The molecule has 3 aromatic carbocycles. The smallest absolute Gasteiger partial charge is 0.261 e. The zero-order valence-electron chi connectivity index (χ0n) is 19.1. The summed E-state index contributed by atoms with van der Waals surface area (Å²) in [5.74, 6) is -0.324. The van der Waals surface area contributed by atoms with E-state index in [1.807, 2.05) is 43.3 Å². The number of amides is 1. The van der Waals surface area contributed by atoms with Crippen LogP contribution in [0.5, 0.6) is 0 Å². The van der Waals surface area contributed by atoms with Gasteiger partial charge in [0.1, 0.15) is 0 Å². The van der Waals surface area contributed by atoms with Crippen LogP contribution in [-0.2, 0) is 14.8 Å². The molecule has 0 spiro atoms. The summed E-state index contributed by atoms with van der Waals surface area (Å²) in [5, 5.41) is 3.10. The van der Waals surface area contributed by atoms with Crippen LogP contribution in [0.2, 0.25) is 0 Å². The number of anilines is 1. The molecule has 178 valence electrons. The molecule has 8 heteroatoms. The SMILES string of the molecule is Cc1cccc(NS(=O)(=O)c2cccc(C(=O)N[C@H](CN3CCOCC3)c3ccccc3)c2)c1. The van der Waals surface area contributed by atoms with Crippen LogP contribution < -0.4 is 10.0 Å². The van der Waals surface area contributed by atoms with Crippen molar-refractivity contribution in [1.29, 1.82) is 0 Å². The zero-order chi connectivity index (χ0) is 24.0. The Hall–Kier alpha value is -3.20. The molecular weight excluding hydrogens is 450 g/mol. The highest BCUT2D eigenvalue weighted by atomic mass is 32.2. The first-order valence-electron chi connectivity index (χ1n) is 11.3. The van der Waals surface area contributed by atoms with E-state index in [4.69, 9.17) is 4.74 Å². The van der Waals surface area contributed by atoms with Gasteiger partial charge in [-0.3, -0.25) is 14.4 Å². The summed E-state index contributed by atoms with van der Waals surface area (Å²) in [6.45, 7) is 5.48. The molecule has 1 atom stereocenters. The Labute approximate surface area is 200 Å². The highest BCUT2D eigenvalue weighted by molar-refractivity contribution is 7.92. The molecule has 1 amide bonds.